The minimum atomic E-state index is -0.365. The van der Waals surface area contributed by atoms with Gasteiger partial charge in [-0.2, -0.15) is 0 Å². The van der Waals surface area contributed by atoms with Gasteiger partial charge in [0.15, 0.2) is 0 Å². The van der Waals surface area contributed by atoms with Crippen LogP contribution in [0.4, 0.5) is 0 Å². The lowest BCUT2D eigenvalue weighted by atomic mass is 9.95. The normalized spacial score (nSPS) is 16.1. The first-order valence-electron chi connectivity index (χ1n) is 7.92. The van der Waals surface area contributed by atoms with E-state index in [-0.39, 0.29) is 17.9 Å². The van der Waals surface area contributed by atoms with Crippen molar-refractivity contribution in [2.45, 2.75) is 25.6 Å². The largest absolute Gasteiger partial charge is 0.465 e. The number of ether oxygens (including phenoxy) is 1. The number of methoxy groups -OCH3 is 1. The topological polar surface area (TPSA) is 67.4 Å². The number of nitrogens with one attached hydrogen (secondary N) is 2. The molecule has 0 saturated carbocycles. The predicted molar refractivity (Wildman–Crippen MR) is 90.4 cm³/mol. The third-order valence-corrected chi connectivity index (χ3v) is 4.24. The third-order valence-electron chi connectivity index (χ3n) is 4.24. The van der Waals surface area contributed by atoms with Gasteiger partial charge >= 0.3 is 5.97 Å². The van der Waals surface area contributed by atoms with Crippen LogP contribution in [0.3, 0.4) is 0 Å². The molecule has 24 heavy (non-hydrogen) atoms. The summed E-state index contributed by atoms with van der Waals surface area (Å²) in [6.07, 6.45) is 0.698. The molecule has 1 atom stereocenters. The highest BCUT2D eigenvalue weighted by Crippen LogP contribution is 2.16. The van der Waals surface area contributed by atoms with Crippen LogP contribution in [0.25, 0.3) is 0 Å². The summed E-state index contributed by atoms with van der Waals surface area (Å²) in [4.78, 5) is 23.8. The van der Waals surface area contributed by atoms with Crippen molar-refractivity contribution in [2.75, 3.05) is 7.11 Å². The zero-order valence-electron chi connectivity index (χ0n) is 13.5. The van der Waals surface area contributed by atoms with Gasteiger partial charge in [0.25, 0.3) is 0 Å². The van der Waals surface area contributed by atoms with Crippen molar-refractivity contribution in [3.63, 3.8) is 0 Å². The monoisotopic (exact) mass is 324 g/mol. The molecule has 0 fully saturated rings. The smallest absolute Gasteiger partial charge is 0.337 e. The quantitative estimate of drug-likeness (QED) is 0.842. The van der Waals surface area contributed by atoms with E-state index in [4.69, 9.17) is 0 Å². The molecule has 0 aromatic heterocycles. The average Bonchev–Trinajstić information content (AvgIpc) is 2.65. The van der Waals surface area contributed by atoms with Crippen LogP contribution in [0.2, 0.25) is 0 Å². The maximum atomic E-state index is 12.4. The summed E-state index contributed by atoms with van der Waals surface area (Å²) in [5.74, 6) is -0.378. The number of esters is 1. The van der Waals surface area contributed by atoms with Crippen molar-refractivity contribution < 1.29 is 14.3 Å². The van der Waals surface area contributed by atoms with Gasteiger partial charge in [-0.3, -0.25) is 4.79 Å². The highest BCUT2D eigenvalue weighted by atomic mass is 16.5. The Bertz CT molecular complexity index is 741. The maximum Gasteiger partial charge on any atom is 0.337 e. The van der Waals surface area contributed by atoms with Crippen molar-refractivity contribution in [2.24, 2.45) is 0 Å². The van der Waals surface area contributed by atoms with E-state index in [0.717, 1.165) is 5.56 Å². The number of rotatable bonds is 4. The molecule has 2 aromatic rings. The van der Waals surface area contributed by atoms with Gasteiger partial charge in [0, 0.05) is 13.1 Å². The molecule has 1 aliphatic rings. The number of carbonyl (C=O) groups is 2. The van der Waals surface area contributed by atoms with E-state index in [0.29, 0.717) is 25.1 Å². The fourth-order valence-corrected chi connectivity index (χ4v) is 2.83. The summed E-state index contributed by atoms with van der Waals surface area (Å²) in [5, 5.41) is 6.21. The van der Waals surface area contributed by atoms with E-state index < -0.39 is 0 Å². The lowest BCUT2D eigenvalue weighted by Gasteiger charge is -2.25. The second kappa shape index (κ2) is 7.27. The summed E-state index contributed by atoms with van der Waals surface area (Å²) >= 11 is 0. The number of hydrogen-bond acceptors (Lipinski definition) is 4. The standard InChI is InChI=1S/C19H20N2O3/c1-24-19(23)14-8-6-13(7-9-14)11-21-18(22)17-10-15-4-2-3-5-16(15)12-20-17/h2-9,17,20H,10-12H2,1H3,(H,21,22). The molecule has 5 nitrogen and oxygen atoms in total. The molecule has 1 unspecified atom stereocenters. The van der Waals surface area contributed by atoms with Gasteiger partial charge in [0.2, 0.25) is 5.91 Å². The van der Waals surface area contributed by atoms with Crippen molar-refractivity contribution in [1.82, 2.24) is 10.6 Å². The SMILES string of the molecule is COC(=O)c1ccc(CNC(=O)C2Cc3ccccc3CN2)cc1. The van der Waals surface area contributed by atoms with Crippen LogP contribution >= 0.6 is 0 Å². The molecule has 1 amide bonds. The van der Waals surface area contributed by atoms with E-state index >= 15 is 0 Å². The predicted octanol–water partition coefficient (Wildman–Crippen LogP) is 1.80. The third kappa shape index (κ3) is 3.63. The lowest BCUT2D eigenvalue weighted by Crippen LogP contribution is -2.47. The number of hydrogen-bond donors (Lipinski definition) is 2. The summed E-state index contributed by atoms with van der Waals surface area (Å²) in [6.45, 7) is 1.14. The molecule has 0 aliphatic carbocycles. The van der Waals surface area contributed by atoms with Gasteiger partial charge < -0.3 is 15.4 Å². The van der Waals surface area contributed by atoms with Crippen molar-refractivity contribution >= 4 is 11.9 Å². The highest BCUT2D eigenvalue weighted by Gasteiger charge is 2.23. The van der Waals surface area contributed by atoms with Gasteiger partial charge in [-0.25, -0.2) is 4.79 Å². The lowest BCUT2D eigenvalue weighted by molar-refractivity contribution is -0.123. The summed E-state index contributed by atoms with van der Waals surface area (Å²) in [5.41, 5.74) is 3.91. The Labute approximate surface area is 141 Å². The zero-order valence-corrected chi connectivity index (χ0v) is 13.5. The van der Waals surface area contributed by atoms with E-state index in [1.54, 1.807) is 12.1 Å². The van der Waals surface area contributed by atoms with Crippen LogP contribution in [0.5, 0.6) is 0 Å². The molecule has 0 spiro atoms. The Hall–Kier alpha value is -2.66. The molecule has 2 N–H and O–H groups in total. The molecular formula is C19H20N2O3. The zero-order chi connectivity index (χ0) is 16.9. The number of carbonyl (C=O) groups excluding carboxylic acids is 2. The Morgan fingerprint density at radius 1 is 1.12 bits per heavy atom. The Kier molecular flexibility index (Phi) is 4.91. The van der Waals surface area contributed by atoms with Crippen LogP contribution in [0, 0.1) is 0 Å². The molecule has 0 saturated heterocycles. The minimum Gasteiger partial charge on any atom is -0.465 e. The molecule has 124 valence electrons. The molecule has 3 rings (SSSR count). The van der Waals surface area contributed by atoms with Crippen LogP contribution in [-0.4, -0.2) is 25.0 Å². The van der Waals surface area contributed by atoms with E-state index in [1.165, 1.54) is 18.2 Å². The minimum absolute atomic E-state index is 0.0125. The van der Waals surface area contributed by atoms with Crippen LogP contribution < -0.4 is 10.6 Å². The van der Waals surface area contributed by atoms with Crippen molar-refractivity contribution in [1.29, 1.82) is 0 Å². The second-order valence-corrected chi connectivity index (χ2v) is 5.81. The summed E-state index contributed by atoms with van der Waals surface area (Å²) in [6, 6.07) is 15.0. The summed E-state index contributed by atoms with van der Waals surface area (Å²) < 4.78 is 4.67. The Morgan fingerprint density at radius 2 is 1.83 bits per heavy atom. The molecule has 5 heteroatoms. The van der Waals surface area contributed by atoms with Gasteiger partial charge in [-0.15, -0.1) is 0 Å². The van der Waals surface area contributed by atoms with Crippen LogP contribution in [0.15, 0.2) is 48.5 Å². The molecule has 2 aromatic carbocycles. The molecule has 1 heterocycles. The average molecular weight is 324 g/mol. The number of fused-ring (bicyclic) bond motifs is 1. The van der Waals surface area contributed by atoms with Gasteiger partial charge in [-0.05, 0) is 35.2 Å². The first kappa shape index (κ1) is 16.2. The molecule has 0 radical (unpaired) electrons. The molecular weight excluding hydrogens is 304 g/mol. The van der Waals surface area contributed by atoms with Crippen molar-refractivity contribution in [3.8, 4) is 0 Å². The van der Waals surface area contributed by atoms with E-state index in [9.17, 15) is 9.59 Å². The van der Waals surface area contributed by atoms with Crippen LogP contribution in [-0.2, 0) is 29.0 Å². The van der Waals surface area contributed by atoms with Gasteiger partial charge in [0.05, 0.1) is 18.7 Å². The Balaban J connectivity index is 1.55. The number of benzene rings is 2. The van der Waals surface area contributed by atoms with Crippen LogP contribution in [0.1, 0.15) is 27.0 Å². The van der Waals surface area contributed by atoms with E-state index in [2.05, 4.69) is 27.5 Å². The fraction of sp³-hybridized carbons (Fsp3) is 0.263. The van der Waals surface area contributed by atoms with Crippen molar-refractivity contribution in [3.05, 3.63) is 70.8 Å². The highest BCUT2D eigenvalue weighted by molar-refractivity contribution is 5.89. The summed E-state index contributed by atoms with van der Waals surface area (Å²) in [7, 11) is 1.35. The molecule has 0 bridgehead atoms. The molecule has 1 aliphatic heterocycles. The fourth-order valence-electron chi connectivity index (χ4n) is 2.83. The number of amides is 1. The maximum absolute atomic E-state index is 12.4. The van der Waals surface area contributed by atoms with Gasteiger partial charge in [-0.1, -0.05) is 36.4 Å². The van der Waals surface area contributed by atoms with Gasteiger partial charge in [0.1, 0.15) is 0 Å². The van der Waals surface area contributed by atoms with E-state index in [1.807, 2.05) is 24.3 Å². The first-order chi connectivity index (χ1) is 11.7. The first-order valence-corrected chi connectivity index (χ1v) is 7.92. The Morgan fingerprint density at radius 3 is 2.54 bits per heavy atom. The second-order valence-electron chi connectivity index (χ2n) is 5.81.